The molecule has 1 aliphatic rings. The highest BCUT2D eigenvalue weighted by atomic mass is 16.5. The SMILES string of the molecule is COc1ccc(Oc2ccccc2)cc1C(=O)CN1CCNCC1. The molecule has 0 saturated carbocycles. The van der Waals surface area contributed by atoms with Crippen LogP contribution in [0.3, 0.4) is 0 Å². The van der Waals surface area contributed by atoms with Crippen molar-refractivity contribution in [3.8, 4) is 17.2 Å². The van der Waals surface area contributed by atoms with Crippen molar-refractivity contribution in [1.82, 2.24) is 10.2 Å². The summed E-state index contributed by atoms with van der Waals surface area (Å²) < 4.78 is 11.2. The van der Waals surface area contributed by atoms with E-state index in [0.29, 0.717) is 23.6 Å². The number of carbonyl (C=O) groups excluding carboxylic acids is 1. The van der Waals surface area contributed by atoms with Gasteiger partial charge in [-0.05, 0) is 30.3 Å². The highest BCUT2D eigenvalue weighted by Gasteiger charge is 2.18. The summed E-state index contributed by atoms with van der Waals surface area (Å²) in [7, 11) is 1.58. The van der Waals surface area contributed by atoms with Crippen LogP contribution in [0.4, 0.5) is 0 Å². The number of nitrogens with one attached hydrogen (secondary N) is 1. The second kappa shape index (κ2) is 7.95. The minimum atomic E-state index is 0.0484. The van der Waals surface area contributed by atoms with Gasteiger partial charge in [-0.15, -0.1) is 0 Å². The topological polar surface area (TPSA) is 50.8 Å². The molecule has 5 nitrogen and oxygen atoms in total. The summed E-state index contributed by atoms with van der Waals surface area (Å²) >= 11 is 0. The molecule has 0 amide bonds. The van der Waals surface area contributed by atoms with Crippen LogP contribution in [0.5, 0.6) is 17.2 Å². The van der Waals surface area contributed by atoms with Crippen LogP contribution in [0, 0.1) is 0 Å². The van der Waals surface area contributed by atoms with Gasteiger partial charge in [0.05, 0.1) is 19.2 Å². The van der Waals surface area contributed by atoms with Crippen molar-refractivity contribution in [3.63, 3.8) is 0 Å². The lowest BCUT2D eigenvalue weighted by Crippen LogP contribution is -2.45. The number of para-hydroxylation sites is 1. The molecule has 1 heterocycles. The average molecular weight is 326 g/mol. The number of ketones is 1. The molecular weight excluding hydrogens is 304 g/mol. The van der Waals surface area contributed by atoms with Crippen molar-refractivity contribution < 1.29 is 14.3 Å². The number of nitrogens with zero attached hydrogens (tertiary/aromatic N) is 1. The highest BCUT2D eigenvalue weighted by molar-refractivity contribution is 6.00. The minimum Gasteiger partial charge on any atom is -0.496 e. The number of Topliss-reactive ketones (excluding diaryl/α,β-unsaturated/α-hetero) is 1. The number of hydrogen-bond acceptors (Lipinski definition) is 5. The van der Waals surface area contributed by atoms with E-state index in [-0.39, 0.29) is 5.78 Å². The molecule has 2 aromatic rings. The van der Waals surface area contributed by atoms with Gasteiger partial charge in [-0.25, -0.2) is 0 Å². The zero-order valence-corrected chi connectivity index (χ0v) is 13.8. The zero-order chi connectivity index (χ0) is 16.8. The van der Waals surface area contributed by atoms with E-state index in [4.69, 9.17) is 9.47 Å². The fourth-order valence-corrected chi connectivity index (χ4v) is 2.75. The van der Waals surface area contributed by atoms with Crippen molar-refractivity contribution in [2.75, 3.05) is 39.8 Å². The Morgan fingerprint density at radius 3 is 2.54 bits per heavy atom. The Morgan fingerprint density at radius 1 is 1.08 bits per heavy atom. The van der Waals surface area contributed by atoms with Crippen molar-refractivity contribution in [3.05, 3.63) is 54.1 Å². The summed E-state index contributed by atoms with van der Waals surface area (Å²) in [5.41, 5.74) is 0.560. The lowest BCUT2D eigenvalue weighted by atomic mass is 10.1. The molecule has 1 aliphatic heterocycles. The van der Waals surface area contributed by atoms with Crippen LogP contribution in [-0.2, 0) is 0 Å². The molecule has 5 heteroatoms. The summed E-state index contributed by atoms with van der Waals surface area (Å²) in [5, 5.41) is 3.29. The predicted molar refractivity (Wildman–Crippen MR) is 93.2 cm³/mol. The lowest BCUT2D eigenvalue weighted by molar-refractivity contribution is 0.0918. The third kappa shape index (κ3) is 4.13. The van der Waals surface area contributed by atoms with E-state index in [0.717, 1.165) is 31.9 Å². The average Bonchev–Trinajstić information content (AvgIpc) is 2.63. The third-order valence-electron chi connectivity index (χ3n) is 4.03. The molecule has 0 atom stereocenters. The monoisotopic (exact) mass is 326 g/mol. The Labute approximate surface area is 142 Å². The number of methoxy groups -OCH3 is 1. The minimum absolute atomic E-state index is 0.0484. The van der Waals surface area contributed by atoms with Crippen LogP contribution in [-0.4, -0.2) is 50.5 Å². The second-order valence-corrected chi connectivity index (χ2v) is 5.73. The van der Waals surface area contributed by atoms with Gasteiger partial charge in [-0.2, -0.15) is 0 Å². The van der Waals surface area contributed by atoms with E-state index < -0.39 is 0 Å². The molecule has 0 spiro atoms. The molecule has 1 saturated heterocycles. The maximum absolute atomic E-state index is 12.7. The first-order valence-electron chi connectivity index (χ1n) is 8.13. The van der Waals surface area contributed by atoms with Crippen LogP contribution in [0.25, 0.3) is 0 Å². The first kappa shape index (κ1) is 16.5. The molecule has 0 unspecified atom stereocenters. The summed E-state index contributed by atoms with van der Waals surface area (Å²) in [5.74, 6) is 2.00. The third-order valence-corrected chi connectivity index (χ3v) is 4.03. The number of hydrogen-bond donors (Lipinski definition) is 1. The molecule has 3 rings (SSSR count). The Balaban J connectivity index is 1.77. The molecule has 0 bridgehead atoms. The van der Waals surface area contributed by atoms with Gasteiger partial charge in [0.2, 0.25) is 0 Å². The molecule has 0 aliphatic carbocycles. The smallest absolute Gasteiger partial charge is 0.180 e. The molecule has 2 aromatic carbocycles. The van der Waals surface area contributed by atoms with Gasteiger partial charge in [-0.3, -0.25) is 9.69 Å². The van der Waals surface area contributed by atoms with Gasteiger partial charge in [0.25, 0.3) is 0 Å². The summed E-state index contributed by atoms with van der Waals surface area (Å²) in [6.45, 7) is 4.00. The standard InChI is InChI=1S/C19H22N2O3/c1-23-19-8-7-16(24-15-5-3-2-4-6-15)13-17(19)18(22)14-21-11-9-20-10-12-21/h2-8,13,20H,9-12,14H2,1H3. The molecule has 24 heavy (non-hydrogen) atoms. The number of piperazine rings is 1. The fourth-order valence-electron chi connectivity index (χ4n) is 2.75. The van der Waals surface area contributed by atoms with Crippen LogP contribution >= 0.6 is 0 Å². The first-order valence-corrected chi connectivity index (χ1v) is 8.13. The van der Waals surface area contributed by atoms with E-state index in [1.807, 2.05) is 36.4 Å². The van der Waals surface area contributed by atoms with Crippen molar-refractivity contribution >= 4 is 5.78 Å². The maximum atomic E-state index is 12.7. The van der Waals surface area contributed by atoms with Gasteiger partial charge in [0.15, 0.2) is 5.78 Å². The molecule has 0 aromatic heterocycles. The molecular formula is C19H22N2O3. The molecule has 126 valence electrons. The Kier molecular flexibility index (Phi) is 5.46. The molecule has 0 radical (unpaired) electrons. The maximum Gasteiger partial charge on any atom is 0.180 e. The van der Waals surface area contributed by atoms with E-state index in [1.165, 1.54) is 0 Å². The first-order chi connectivity index (χ1) is 11.8. The van der Waals surface area contributed by atoms with E-state index in [9.17, 15) is 4.79 Å². The summed E-state index contributed by atoms with van der Waals surface area (Å²) in [6, 6.07) is 14.9. The van der Waals surface area contributed by atoms with Crippen LogP contribution in [0.1, 0.15) is 10.4 Å². The van der Waals surface area contributed by atoms with Gasteiger partial charge in [0, 0.05) is 26.2 Å². The van der Waals surface area contributed by atoms with E-state index >= 15 is 0 Å². The zero-order valence-electron chi connectivity index (χ0n) is 13.8. The van der Waals surface area contributed by atoms with Crippen molar-refractivity contribution in [2.45, 2.75) is 0 Å². The highest BCUT2D eigenvalue weighted by Crippen LogP contribution is 2.28. The molecule has 1 fully saturated rings. The predicted octanol–water partition coefficient (Wildman–Crippen LogP) is 2.58. The lowest BCUT2D eigenvalue weighted by Gasteiger charge is -2.26. The van der Waals surface area contributed by atoms with Gasteiger partial charge >= 0.3 is 0 Å². The number of ether oxygens (including phenoxy) is 2. The Bertz CT molecular complexity index is 682. The van der Waals surface area contributed by atoms with E-state index in [1.54, 1.807) is 19.2 Å². The van der Waals surface area contributed by atoms with Crippen LogP contribution < -0.4 is 14.8 Å². The largest absolute Gasteiger partial charge is 0.496 e. The summed E-state index contributed by atoms with van der Waals surface area (Å²) in [4.78, 5) is 14.9. The van der Waals surface area contributed by atoms with Gasteiger partial charge in [-0.1, -0.05) is 18.2 Å². The normalized spacial score (nSPS) is 15.0. The Morgan fingerprint density at radius 2 is 1.83 bits per heavy atom. The number of carbonyl (C=O) groups is 1. The van der Waals surface area contributed by atoms with E-state index in [2.05, 4.69) is 10.2 Å². The Hall–Kier alpha value is -2.37. The second-order valence-electron chi connectivity index (χ2n) is 5.73. The van der Waals surface area contributed by atoms with Crippen molar-refractivity contribution in [2.24, 2.45) is 0 Å². The molecule has 1 N–H and O–H groups in total. The van der Waals surface area contributed by atoms with Crippen molar-refractivity contribution in [1.29, 1.82) is 0 Å². The van der Waals surface area contributed by atoms with Gasteiger partial charge < -0.3 is 14.8 Å². The van der Waals surface area contributed by atoms with Gasteiger partial charge in [0.1, 0.15) is 17.2 Å². The quantitative estimate of drug-likeness (QED) is 0.827. The fraction of sp³-hybridized carbons (Fsp3) is 0.316. The van der Waals surface area contributed by atoms with Crippen LogP contribution in [0.2, 0.25) is 0 Å². The van der Waals surface area contributed by atoms with Crippen LogP contribution in [0.15, 0.2) is 48.5 Å². The number of benzene rings is 2. The summed E-state index contributed by atoms with van der Waals surface area (Å²) in [6.07, 6.45) is 0. The number of rotatable bonds is 6.